The third-order valence-corrected chi connectivity index (χ3v) is 4.30. The number of carbonyl (C=O) groups is 1. The first kappa shape index (κ1) is 16.5. The molecule has 0 saturated heterocycles. The maximum absolute atomic E-state index is 12.2. The second-order valence-corrected chi connectivity index (χ2v) is 6.20. The van der Waals surface area contributed by atoms with E-state index in [-0.39, 0.29) is 5.91 Å². The molecular weight excluding hydrogens is 300 g/mol. The molecular formula is C20H24N2O2. The van der Waals surface area contributed by atoms with Crippen LogP contribution in [0.2, 0.25) is 0 Å². The highest BCUT2D eigenvalue weighted by Gasteiger charge is 2.11. The number of benzene rings is 2. The van der Waals surface area contributed by atoms with E-state index in [1.165, 1.54) is 30.4 Å². The molecule has 0 atom stereocenters. The Kier molecular flexibility index (Phi) is 5.49. The molecule has 1 amide bonds. The summed E-state index contributed by atoms with van der Waals surface area (Å²) in [5.74, 6) is 0.759. The van der Waals surface area contributed by atoms with E-state index in [9.17, 15) is 4.79 Å². The molecule has 1 aliphatic carbocycles. The van der Waals surface area contributed by atoms with Gasteiger partial charge in [-0.25, -0.2) is 0 Å². The molecule has 3 rings (SSSR count). The van der Waals surface area contributed by atoms with Crippen molar-refractivity contribution in [2.75, 3.05) is 18.5 Å². The van der Waals surface area contributed by atoms with Crippen molar-refractivity contribution in [3.05, 3.63) is 59.2 Å². The molecule has 2 aromatic rings. The Morgan fingerprint density at radius 1 is 1.04 bits per heavy atom. The molecule has 24 heavy (non-hydrogen) atoms. The molecule has 1 aliphatic rings. The maximum Gasteiger partial charge on any atom is 0.228 e. The summed E-state index contributed by atoms with van der Waals surface area (Å²) in [5, 5.41) is 2.93. The van der Waals surface area contributed by atoms with E-state index < -0.39 is 0 Å². The lowest BCUT2D eigenvalue weighted by atomic mass is 9.90. The Labute approximate surface area is 143 Å². The van der Waals surface area contributed by atoms with Crippen LogP contribution in [0.25, 0.3) is 0 Å². The zero-order chi connectivity index (χ0) is 16.8. The number of hydrogen-bond acceptors (Lipinski definition) is 3. The van der Waals surface area contributed by atoms with Crippen molar-refractivity contribution in [1.82, 2.24) is 0 Å². The first-order valence-corrected chi connectivity index (χ1v) is 8.58. The van der Waals surface area contributed by atoms with E-state index in [0.717, 1.165) is 23.4 Å². The van der Waals surface area contributed by atoms with Crippen molar-refractivity contribution >= 4 is 11.6 Å². The molecule has 126 valence electrons. The number of aryl methyl sites for hydroxylation is 2. The molecule has 0 heterocycles. The fourth-order valence-corrected chi connectivity index (χ4v) is 3.10. The summed E-state index contributed by atoms with van der Waals surface area (Å²) in [6.45, 7) is 0.975. The minimum absolute atomic E-state index is 0.00128. The second-order valence-electron chi connectivity index (χ2n) is 6.20. The Morgan fingerprint density at radius 2 is 1.79 bits per heavy atom. The van der Waals surface area contributed by atoms with Gasteiger partial charge in [0.1, 0.15) is 12.4 Å². The van der Waals surface area contributed by atoms with E-state index >= 15 is 0 Å². The van der Waals surface area contributed by atoms with E-state index in [2.05, 4.69) is 23.5 Å². The van der Waals surface area contributed by atoms with Crippen molar-refractivity contribution in [3.63, 3.8) is 0 Å². The van der Waals surface area contributed by atoms with E-state index in [1.54, 1.807) is 0 Å². The van der Waals surface area contributed by atoms with Gasteiger partial charge in [0.2, 0.25) is 5.91 Å². The first-order chi connectivity index (χ1) is 11.7. The van der Waals surface area contributed by atoms with Gasteiger partial charge in [-0.15, -0.1) is 0 Å². The predicted molar refractivity (Wildman–Crippen MR) is 96.4 cm³/mol. The number of ether oxygens (including phenoxy) is 1. The normalized spacial score (nSPS) is 13.2. The summed E-state index contributed by atoms with van der Waals surface area (Å²) in [6, 6.07) is 13.8. The topological polar surface area (TPSA) is 64.3 Å². The minimum atomic E-state index is 0.00128. The second kappa shape index (κ2) is 7.97. The van der Waals surface area contributed by atoms with Crippen molar-refractivity contribution in [2.24, 2.45) is 5.73 Å². The quantitative estimate of drug-likeness (QED) is 0.858. The largest absolute Gasteiger partial charge is 0.492 e. The van der Waals surface area contributed by atoms with Gasteiger partial charge in [-0.3, -0.25) is 4.79 Å². The highest BCUT2D eigenvalue weighted by molar-refractivity contribution is 5.92. The molecule has 0 spiro atoms. The monoisotopic (exact) mass is 324 g/mol. The fraction of sp³-hybridized carbons (Fsp3) is 0.350. The van der Waals surface area contributed by atoms with E-state index in [0.29, 0.717) is 19.6 Å². The highest BCUT2D eigenvalue weighted by atomic mass is 16.5. The van der Waals surface area contributed by atoms with Gasteiger partial charge in [0, 0.05) is 12.2 Å². The van der Waals surface area contributed by atoms with Crippen LogP contribution in [0.5, 0.6) is 5.75 Å². The van der Waals surface area contributed by atoms with Gasteiger partial charge in [-0.05, 0) is 66.6 Å². The van der Waals surface area contributed by atoms with Gasteiger partial charge in [0.15, 0.2) is 0 Å². The van der Waals surface area contributed by atoms with Gasteiger partial charge < -0.3 is 15.8 Å². The van der Waals surface area contributed by atoms with Gasteiger partial charge >= 0.3 is 0 Å². The number of hydrogen-bond donors (Lipinski definition) is 2. The smallest absolute Gasteiger partial charge is 0.228 e. The summed E-state index contributed by atoms with van der Waals surface area (Å²) in [7, 11) is 0. The minimum Gasteiger partial charge on any atom is -0.492 e. The van der Waals surface area contributed by atoms with Crippen LogP contribution in [0.3, 0.4) is 0 Å². The summed E-state index contributed by atoms with van der Waals surface area (Å²) < 4.78 is 5.43. The number of carbonyl (C=O) groups excluding carboxylic acids is 1. The molecule has 0 saturated carbocycles. The predicted octanol–water partition coefficient (Wildman–Crippen LogP) is 3.08. The van der Waals surface area contributed by atoms with Crippen LogP contribution >= 0.6 is 0 Å². The molecule has 0 radical (unpaired) electrons. The average molecular weight is 324 g/mol. The Hall–Kier alpha value is -2.33. The highest BCUT2D eigenvalue weighted by Crippen LogP contribution is 2.22. The number of nitrogens with two attached hydrogens (primary N) is 1. The fourth-order valence-electron chi connectivity index (χ4n) is 3.10. The van der Waals surface area contributed by atoms with E-state index in [1.807, 2.05) is 24.3 Å². The van der Waals surface area contributed by atoms with Crippen LogP contribution in [0, 0.1) is 0 Å². The number of amides is 1. The molecule has 2 aromatic carbocycles. The number of rotatable bonds is 6. The van der Waals surface area contributed by atoms with Crippen LogP contribution < -0.4 is 15.8 Å². The van der Waals surface area contributed by atoms with Gasteiger partial charge in [0.05, 0.1) is 6.42 Å². The van der Waals surface area contributed by atoms with Crippen LogP contribution in [0.15, 0.2) is 42.5 Å². The molecule has 0 bridgehead atoms. The van der Waals surface area contributed by atoms with Crippen LogP contribution in [-0.2, 0) is 24.1 Å². The number of nitrogens with one attached hydrogen (secondary N) is 1. The third-order valence-electron chi connectivity index (χ3n) is 4.30. The number of fused-ring (bicyclic) bond motifs is 1. The van der Waals surface area contributed by atoms with Gasteiger partial charge in [0.25, 0.3) is 0 Å². The summed E-state index contributed by atoms with van der Waals surface area (Å²) in [5.41, 5.74) is 10.1. The zero-order valence-electron chi connectivity index (χ0n) is 13.9. The summed E-state index contributed by atoms with van der Waals surface area (Å²) in [6.07, 6.45) is 5.23. The molecule has 3 N–H and O–H groups in total. The molecule has 0 fully saturated rings. The Bertz CT molecular complexity index is 695. The van der Waals surface area contributed by atoms with Crippen molar-refractivity contribution in [3.8, 4) is 5.75 Å². The molecule has 4 heteroatoms. The summed E-state index contributed by atoms with van der Waals surface area (Å²) >= 11 is 0. The lowest BCUT2D eigenvalue weighted by molar-refractivity contribution is -0.115. The van der Waals surface area contributed by atoms with Gasteiger partial charge in [-0.1, -0.05) is 18.2 Å². The lowest BCUT2D eigenvalue weighted by Crippen LogP contribution is -2.15. The van der Waals surface area contributed by atoms with Gasteiger partial charge in [-0.2, -0.15) is 0 Å². The lowest BCUT2D eigenvalue weighted by Gasteiger charge is -2.16. The van der Waals surface area contributed by atoms with Crippen LogP contribution in [-0.4, -0.2) is 19.1 Å². The van der Waals surface area contributed by atoms with Crippen molar-refractivity contribution in [1.29, 1.82) is 0 Å². The Morgan fingerprint density at radius 3 is 2.54 bits per heavy atom. The van der Waals surface area contributed by atoms with Crippen molar-refractivity contribution in [2.45, 2.75) is 32.1 Å². The van der Waals surface area contributed by atoms with Crippen LogP contribution in [0.1, 0.15) is 29.5 Å². The standard InChI is InChI=1S/C20H24N2O2/c21-11-12-24-19-9-7-18(8-10-19)22-20(23)14-15-5-6-16-3-1-2-4-17(16)13-15/h5-10,13H,1-4,11-12,14,21H2,(H,22,23). The zero-order valence-corrected chi connectivity index (χ0v) is 13.9. The average Bonchev–Trinajstić information content (AvgIpc) is 2.61. The SMILES string of the molecule is NCCOc1ccc(NC(=O)Cc2ccc3c(c2)CCCC3)cc1. The Balaban J connectivity index is 1.57. The maximum atomic E-state index is 12.2. The van der Waals surface area contributed by atoms with E-state index in [4.69, 9.17) is 10.5 Å². The van der Waals surface area contributed by atoms with Crippen molar-refractivity contribution < 1.29 is 9.53 Å². The molecule has 0 aromatic heterocycles. The number of anilines is 1. The summed E-state index contributed by atoms with van der Waals surface area (Å²) in [4.78, 5) is 12.2. The molecule has 0 aliphatic heterocycles. The first-order valence-electron chi connectivity index (χ1n) is 8.58. The molecule has 4 nitrogen and oxygen atoms in total. The van der Waals surface area contributed by atoms with Crippen LogP contribution in [0.4, 0.5) is 5.69 Å². The molecule has 0 unspecified atom stereocenters. The third kappa shape index (κ3) is 4.36.